The minimum atomic E-state index is 0.119. The number of nitrogens with one attached hydrogen (secondary N) is 1. The number of anilines is 1. The fourth-order valence-corrected chi connectivity index (χ4v) is 2.57. The predicted molar refractivity (Wildman–Crippen MR) is 76.4 cm³/mol. The maximum atomic E-state index is 9.54. The average molecular weight is 269 g/mol. The van der Waals surface area contributed by atoms with Crippen LogP contribution in [0.3, 0.4) is 0 Å². The second kappa shape index (κ2) is 5.91. The first-order chi connectivity index (χ1) is 8.61. The highest BCUT2D eigenvalue weighted by Crippen LogP contribution is 2.26. The Morgan fingerprint density at radius 3 is 2.89 bits per heavy atom. The van der Waals surface area contributed by atoms with Gasteiger partial charge in [0.15, 0.2) is 0 Å². The molecule has 100 valence electrons. The summed E-state index contributed by atoms with van der Waals surface area (Å²) >= 11 is 6.20. The van der Waals surface area contributed by atoms with Crippen LogP contribution in [0.15, 0.2) is 18.2 Å². The van der Waals surface area contributed by atoms with Gasteiger partial charge >= 0.3 is 0 Å². The normalized spacial score (nSPS) is 25.0. The van der Waals surface area contributed by atoms with Crippen LogP contribution < -0.4 is 10.2 Å². The molecule has 2 unspecified atom stereocenters. The van der Waals surface area contributed by atoms with Crippen molar-refractivity contribution in [1.82, 2.24) is 5.32 Å². The van der Waals surface area contributed by atoms with Crippen LogP contribution in [0, 0.1) is 12.8 Å². The van der Waals surface area contributed by atoms with Crippen LogP contribution in [0.25, 0.3) is 0 Å². The highest BCUT2D eigenvalue weighted by Gasteiger charge is 2.23. The molecule has 0 aromatic heterocycles. The first-order valence-corrected chi connectivity index (χ1v) is 6.84. The van der Waals surface area contributed by atoms with Gasteiger partial charge in [-0.2, -0.15) is 0 Å². The molecule has 0 radical (unpaired) electrons. The lowest BCUT2D eigenvalue weighted by molar-refractivity contribution is 0.259. The molecule has 3 nitrogen and oxygen atoms in total. The SMILES string of the molecule is Cc1ccc(N2CC(C)CNCC2CO)cc1Cl. The summed E-state index contributed by atoms with van der Waals surface area (Å²) < 4.78 is 0. The van der Waals surface area contributed by atoms with Crippen molar-refractivity contribution in [3.8, 4) is 0 Å². The molecule has 2 N–H and O–H groups in total. The van der Waals surface area contributed by atoms with Gasteiger partial charge in [0.25, 0.3) is 0 Å². The van der Waals surface area contributed by atoms with E-state index in [1.54, 1.807) is 0 Å². The van der Waals surface area contributed by atoms with Crippen molar-refractivity contribution in [3.05, 3.63) is 28.8 Å². The van der Waals surface area contributed by atoms with E-state index < -0.39 is 0 Å². The monoisotopic (exact) mass is 268 g/mol. The van der Waals surface area contributed by atoms with Crippen LogP contribution in [0.4, 0.5) is 5.69 Å². The van der Waals surface area contributed by atoms with Gasteiger partial charge in [-0.3, -0.25) is 0 Å². The molecule has 0 saturated carbocycles. The molecule has 1 fully saturated rings. The molecule has 1 aromatic carbocycles. The van der Waals surface area contributed by atoms with Gasteiger partial charge in [0.2, 0.25) is 0 Å². The molecule has 4 heteroatoms. The molecule has 1 saturated heterocycles. The molecule has 2 atom stereocenters. The van der Waals surface area contributed by atoms with Gasteiger partial charge in [-0.15, -0.1) is 0 Å². The Labute approximate surface area is 114 Å². The first kappa shape index (κ1) is 13.7. The van der Waals surface area contributed by atoms with Crippen LogP contribution in [-0.2, 0) is 0 Å². The molecular formula is C14H21ClN2O. The first-order valence-electron chi connectivity index (χ1n) is 6.46. The number of rotatable bonds is 2. The maximum Gasteiger partial charge on any atom is 0.0647 e. The molecule has 0 spiro atoms. The third-order valence-corrected chi connectivity index (χ3v) is 3.93. The van der Waals surface area contributed by atoms with E-state index in [1.807, 2.05) is 19.1 Å². The van der Waals surface area contributed by atoms with Crippen molar-refractivity contribution in [1.29, 1.82) is 0 Å². The molecule has 0 bridgehead atoms. The van der Waals surface area contributed by atoms with Crippen molar-refractivity contribution >= 4 is 17.3 Å². The molecule has 0 aliphatic carbocycles. The zero-order valence-corrected chi connectivity index (χ0v) is 11.7. The average Bonchev–Trinajstić information content (AvgIpc) is 2.54. The van der Waals surface area contributed by atoms with E-state index in [9.17, 15) is 5.11 Å². The van der Waals surface area contributed by atoms with Gasteiger partial charge in [-0.1, -0.05) is 24.6 Å². The van der Waals surface area contributed by atoms with Gasteiger partial charge in [0.1, 0.15) is 0 Å². The fraction of sp³-hybridized carbons (Fsp3) is 0.571. The standard InChI is InChI=1S/C14H21ClN2O/c1-10-6-16-7-13(9-18)17(8-10)12-4-3-11(2)14(15)5-12/h3-5,10,13,16,18H,6-9H2,1-2H3. The molecular weight excluding hydrogens is 248 g/mol. The summed E-state index contributed by atoms with van der Waals surface area (Å²) in [6.45, 7) is 7.12. The Morgan fingerprint density at radius 1 is 1.44 bits per heavy atom. The summed E-state index contributed by atoms with van der Waals surface area (Å²) in [6, 6.07) is 6.24. The zero-order valence-electron chi connectivity index (χ0n) is 11.0. The summed E-state index contributed by atoms with van der Waals surface area (Å²) in [5.41, 5.74) is 2.18. The summed E-state index contributed by atoms with van der Waals surface area (Å²) in [7, 11) is 0. The molecule has 1 aliphatic heterocycles. The van der Waals surface area contributed by atoms with Gasteiger partial charge in [-0.05, 0) is 37.1 Å². The zero-order chi connectivity index (χ0) is 13.1. The minimum absolute atomic E-state index is 0.119. The maximum absolute atomic E-state index is 9.54. The number of aliphatic hydroxyl groups is 1. The second-order valence-corrected chi connectivity index (χ2v) is 5.59. The molecule has 1 aliphatic rings. The second-order valence-electron chi connectivity index (χ2n) is 5.19. The number of hydrogen-bond acceptors (Lipinski definition) is 3. The third kappa shape index (κ3) is 2.97. The van der Waals surface area contributed by atoms with E-state index in [2.05, 4.69) is 23.2 Å². The molecule has 0 amide bonds. The van der Waals surface area contributed by atoms with Crippen molar-refractivity contribution in [3.63, 3.8) is 0 Å². The Morgan fingerprint density at radius 2 is 2.22 bits per heavy atom. The van der Waals surface area contributed by atoms with Crippen LogP contribution in [0.2, 0.25) is 5.02 Å². The molecule has 2 rings (SSSR count). The van der Waals surface area contributed by atoms with Crippen LogP contribution >= 0.6 is 11.6 Å². The van der Waals surface area contributed by atoms with E-state index in [-0.39, 0.29) is 12.6 Å². The predicted octanol–water partition coefficient (Wildman–Crippen LogP) is 2.06. The van der Waals surface area contributed by atoms with Crippen LogP contribution in [-0.4, -0.2) is 37.4 Å². The summed E-state index contributed by atoms with van der Waals surface area (Å²) in [5, 5.41) is 13.7. The summed E-state index contributed by atoms with van der Waals surface area (Å²) in [6.07, 6.45) is 0. The van der Waals surface area contributed by atoms with E-state index in [0.717, 1.165) is 35.9 Å². The smallest absolute Gasteiger partial charge is 0.0647 e. The van der Waals surface area contributed by atoms with E-state index in [1.165, 1.54) is 0 Å². The van der Waals surface area contributed by atoms with E-state index in [4.69, 9.17) is 11.6 Å². The van der Waals surface area contributed by atoms with Crippen molar-refractivity contribution in [2.45, 2.75) is 19.9 Å². The Kier molecular flexibility index (Phi) is 4.49. The number of hydrogen-bond donors (Lipinski definition) is 2. The highest BCUT2D eigenvalue weighted by molar-refractivity contribution is 6.31. The van der Waals surface area contributed by atoms with Gasteiger partial charge in [0, 0.05) is 23.8 Å². The van der Waals surface area contributed by atoms with Gasteiger partial charge in [0.05, 0.1) is 12.6 Å². The number of aryl methyl sites for hydroxylation is 1. The quantitative estimate of drug-likeness (QED) is 0.862. The lowest BCUT2D eigenvalue weighted by atomic mass is 10.1. The number of benzene rings is 1. The van der Waals surface area contributed by atoms with Crippen molar-refractivity contribution in [2.75, 3.05) is 31.1 Å². The lowest BCUT2D eigenvalue weighted by Gasteiger charge is -2.32. The summed E-state index contributed by atoms with van der Waals surface area (Å²) in [5.74, 6) is 0.557. The number of halogens is 1. The minimum Gasteiger partial charge on any atom is -0.394 e. The highest BCUT2D eigenvalue weighted by atomic mass is 35.5. The topological polar surface area (TPSA) is 35.5 Å². The van der Waals surface area contributed by atoms with Crippen molar-refractivity contribution < 1.29 is 5.11 Å². The largest absolute Gasteiger partial charge is 0.394 e. The fourth-order valence-electron chi connectivity index (χ4n) is 2.40. The van der Waals surface area contributed by atoms with Crippen LogP contribution in [0.5, 0.6) is 0 Å². The number of aliphatic hydroxyl groups excluding tert-OH is 1. The molecule has 1 heterocycles. The van der Waals surface area contributed by atoms with Crippen LogP contribution in [0.1, 0.15) is 12.5 Å². The Bertz CT molecular complexity index is 411. The Hall–Kier alpha value is -0.770. The number of nitrogens with zero attached hydrogens (tertiary/aromatic N) is 1. The van der Waals surface area contributed by atoms with Gasteiger partial charge < -0.3 is 15.3 Å². The third-order valence-electron chi connectivity index (χ3n) is 3.52. The molecule has 1 aromatic rings. The Balaban J connectivity index is 2.28. The van der Waals surface area contributed by atoms with E-state index in [0.29, 0.717) is 5.92 Å². The summed E-state index contributed by atoms with van der Waals surface area (Å²) in [4.78, 5) is 2.26. The van der Waals surface area contributed by atoms with E-state index >= 15 is 0 Å². The lowest BCUT2D eigenvalue weighted by Crippen LogP contribution is -2.42. The van der Waals surface area contributed by atoms with Gasteiger partial charge in [-0.25, -0.2) is 0 Å². The molecule has 18 heavy (non-hydrogen) atoms. The van der Waals surface area contributed by atoms with Crippen molar-refractivity contribution in [2.24, 2.45) is 5.92 Å².